The average Bonchev–Trinajstić information content (AvgIpc) is 2.70. The molecular formula is C10H18N4O2S. The van der Waals surface area contributed by atoms with Crippen molar-refractivity contribution in [2.45, 2.75) is 43.2 Å². The molecule has 1 aliphatic rings. The van der Waals surface area contributed by atoms with E-state index in [2.05, 4.69) is 9.82 Å². The summed E-state index contributed by atoms with van der Waals surface area (Å²) in [4.78, 5) is 0.237. The van der Waals surface area contributed by atoms with Gasteiger partial charge in [-0.3, -0.25) is 4.68 Å². The van der Waals surface area contributed by atoms with Crippen LogP contribution in [0.1, 0.15) is 25.7 Å². The van der Waals surface area contributed by atoms with Crippen molar-refractivity contribution in [1.29, 1.82) is 0 Å². The highest BCUT2D eigenvalue weighted by atomic mass is 32.2. The average molecular weight is 258 g/mol. The maximum atomic E-state index is 11.9. The van der Waals surface area contributed by atoms with Crippen LogP contribution in [-0.2, 0) is 16.6 Å². The second kappa shape index (κ2) is 5.16. The first kappa shape index (κ1) is 12.5. The van der Waals surface area contributed by atoms with Gasteiger partial charge in [0.25, 0.3) is 0 Å². The molecule has 96 valence electrons. The summed E-state index contributed by atoms with van der Waals surface area (Å²) in [5.74, 6) is 0. The van der Waals surface area contributed by atoms with Gasteiger partial charge in [0.1, 0.15) is 4.90 Å². The molecule has 2 rings (SSSR count). The molecule has 1 heterocycles. The van der Waals surface area contributed by atoms with E-state index in [1.807, 2.05) is 0 Å². The normalized spacial score (nSPS) is 17.0. The lowest BCUT2D eigenvalue weighted by Gasteiger charge is -2.25. The molecule has 0 atom stereocenters. The van der Waals surface area contributed by atoms with Crippen molar-refractivity contribution < 1.29 is 8.42 Å². The molecule has 0 bridgehead atoms. The van der Waals surface area contributed by atoms with Crippen LogP contribution in [0.15, 0.2) is 17.3 Å². The second-order valence-corrected chi connectivity index (χ2v) is 6.04. The van der Waals surface area contributed by atoms with Crippen LogP contribution in [0.25, 0.3) is 0 Å². The van der Waals surface area contributed by atoms with Gasteiger partial charge >= 0.3 is 0 Å². The molecule has 1 fully saturated rings. The third-order valence-corrected chi connectivity index (χ3v) is 4.41. The Hall–Kier alpha value is -0.920. The van der Waals surface area contributed by atoms with E-state index in [1.165, 1.54) is 6.20 Å². The number of sulfonamides is 1. The van der Waals surface area contributed by atoms with Gasteiger partial charge in [-0.1, -0.05) is 6.42 Å². The monoisotopic (exact) mass is 258 g/mol. The van der Waals surface area contributed by atoms with Crippen molar-refractivity contribution in [2.75, 3.05) is 6.54 Å². The maximum absolute atomic E-state index is 11.9. The van der Waals surface area contributed by atoms with E-state index >= 15 is 0 Å². The predicted octanol–water partition coefficient (Wildman–Crippen LogP) is 0.0627. The Morgan fingerprint density at radius 1 is 1.53 bits per heavy atom. The van der Waals surface area contributed by atoms with E-state index in [0.29, 0.717) is 13.1 Å². The first-order valence-electron chi connectivity index (χ1n) is 5.86. The molecule has 0 spiro atoms. The lowest BCUT2D eigenvalue weighted by molar-refractivity contribution is 0.383. The molecule has 0 amide bonds. The summed E-state index contributed by atoms with van der Waals surface area (Å²) in [5, 5.41) is 4.01. The minimum Gasteiger partial charge on any atom is -0.330 e. The number of rotatable bonds is 6. The first-order valence-corrected chi connectivity index (χ1v) is 7.35. The smallest absolute Gasteiger partial charge is 0.243 e. The van der Waals surface area contributed by atoms with Crippen LogP contribution in [0.3, 0.4) is 0 Å². The zero-order valence-corrected chi connectivity index (χ0v) is 10.5. The summed E-state index contributed by atoms with van der Waals surface area (Å²) < 4.78 is 28.2. The van der Waals surface area contributed by atoms with Gasteiger partial charge in [-0.15, -0.1) is 0 Å². The largest absolute Gasteiger partial charge is 0.330 e. The Kier molecular flexibility index (Phi) is 3.80. The van der Waals surface area contributed by atoms with Gasteiger partial charge in [0.15, 0.2) is 0 Å². The minimum atomic E-state index is -3.39. The Morgan fingerprint density at radius 2 is 2.29 bits per heavy atom. The molecule has 0 aromatic carbocycles. The van der Waals surface area contributed by atoms with Crippen LogP contribution in [0, 0.1) is 0 Å². The molecule has 1 aliphatic carbocycles. The van der Waals surface area contributed by atoms with Crippen LogP contribution >= 0.6 is 0 Å². The molecule has 1 aromatic rings. The van der Waals surface area contributed by atoms with E-state index in [4.69, 9.17) is 5.73 Å². The van der Waals surface area contributed by atoms with Crippen molar-refractivity contribution in [2.24, 2.45) is 5.73 Å². The summed E-state index contributed by atoms with van der Waals surface area (Å²) in [6.45, 7) is 1.22. The molecule has 0 radical (unpaired) electrons. The SMILES string of the molecule is NCCCn1cc(S(=O)(=O)NC2CCC2)cn1. The van der Waals surface area contributed by atoms with Crippen LogP contribution in [0.5, 0.6) is 0 Å². The third-order valence-electron chi connectivity index (χ3n) is 2.94. The fourth-order valence-corrected chi connectivity index (χ4v) is 2.93. The summed E-state index contributed by atoms with van der Waals surface area (Å²) in [7, 11) is -3.39. The molecule has 0 unspecified atom stereocenters. The van der Waals surface area contributed by atoms with E-state index in [9.17, 15) is 8.42 Å². The van der Waals surface area contributed by atoms with Gasteiger partial charge < -0.3 is 5.73 Å². The lowest BCUT2D eigenvalue weighted by atomic mass is 9.94. The zero-order chi connectivity index (χ0) is 12.3. The van der Waals surface area contributed by atoms with E-state index in [-0.39, 0.29) is 10.9 Å². The minimum absolute atomic E-state index is 0.104. The number of nitrogens with one attached hydrogen (secondary N) is 1. The second-order valence-electron chi connectivity index (χ2n) is 4.33. The first-order chi connectivity index (χ1) is 8.12. The van der Waals surface area contributed by atoms with Crippen molar-refractivity contribution in [3.8, 4) is 0 Å². The number of hydrogen-bond donors (Lipinski definition) is 2. The standard InChI is InChI=1S/C10H18N4O2S/c11-5-2-6-14-8-10(7-12-14)17(15,16)13-9-3-1-4-9/h7-9,13H,1-6,11H2. The molecule has 3 N–H and O–H groups in total. The summed E-state index contributed by atoms with van der Waals surface area (Å²) in [5.41, 5.74) is 5.39. The molecule has 1 saturated carbocycles. The van der Waals surface area contributed by atoms with Gasteiger partial charge in [0, 0.05) is 18.8 Å². The third kappa shape index (κ3) is 3.05. The number of hydrogen-bond acceptors (Lipinski definition) is 4. The van der Waals surface area contributed by atoms with Crippen LogP contribution in [0.2, 0.25) is 0 Å². The van der Waals surface area contributed by atoms with Gasteiger partial charge in [0.2, 0.25) is 10.0 Å². The van der Waals surface area contributed by atoms with E-state index in [1.54, 1.807) is 10.9 Å². The Morgan fingerprint density at radius 3 is 2.88 bits per heavy atom. The van der Waals surface area contributed by atoms with Crippen LogP contribution in [0.4, 0.5) is 0 Å². The summed E-state index contributed by atoms with van der Waals surface area (Å²) in [6, 6.07) is 0.104. The summed E-state index contributed by atoms with van der Waals surface area (Å²) >= 11 is 0. The van der Waals surface area contributed by atoms with Crippen molar-refractivity contribution in [3.63, 3.8) is 0 Å². The molecule has 1 aromatic heterocycles. The number of nitrogens with zero attached hydrogens (tertiary/aromatic N) is 2. The highest BCUT2D eigenvalue weighted by Crippen LogP contribution is 2.20. The number of aryl methyl sites for hydroxylation is 1. The highest BCUT2D eigenvalue weighted by molar-refractivity contribution is 7.89. The summed E-state index contributed by atoms with van der Waals surface area (Å²) in [6.07, 6.45) is 6.69. The van der Waals surface area contributed by atoms with Gasteiger partial charge in [-0.2, -0.15) is 5.10 Å². The van der Waals surface area contributed by atoms with Gasteiger partial charge in [-0.05, 0) is 25.8 Å². The zero-order valence-electron chi connectivity index (χ0n) is 9.67. The lowest BCUT2D eigenvalue weighted by Crippen LogP contribution is -2.39. The molecule has 7 heteroatoms. The van der Waals surface area contributed by atoms with Crippen molar-refractivity contribution in [1.82, 2.24) is 14.5 Å². The number of nitrogens with two attached hydrogens (primary N) is 1. The molecule has 6 nitrogen and oxygen atoms in total. The predicted molar refractivity (Wildman–Crippen MR) is 63.9 cm³/mol. The van der Waals surface area contributed by atoms with Gasteiger partial charge in [-0.25, -0.2) is 13.1 Å². The Balaban J connectivity index is 2.02. The fraction of sp³-hybridized carbons (Fsp3) is 0.700. The molecule has 0 aliphatic heterocycles. The fourth-order valence-electron chi connectivity index (χ4n) is 1.67. The van der Waals surface area contributed by atoms with Crippen molar-refractivity contribution in [3.05, 3.63) is 12.4 Å². The quantitative estimate of drug-likeness (QED) is 0.755. The van der Waals surface area contributed by atoms with Crippen molar-refractivity contribution >= 4 is 10.0 Å². The van der Waals surface area contributed by atoms with Gasteiger partial charge in [0.05, 0.1) is 6.20 Å². The number of aromatic nitrogens is 2. The molecule has 17 heavy (non-hydrogen) atoms. The molecular weight excluding hydrogens is 240 g/mol. The molecule has 0 saturated heterocycles. The topological polar surface area (TPSA) is 90.0 Å². The van der Waals surface area contributed by atoms with Crippen LogP contribution < -0.4 is 10.5 Å². The van der Waals surface area contributed by atoms with E-state index < -0.39 is 10.0 Å². The Labute approximate surface area is 101 Å². The van der Waals surface area contributed by atoms with E-state index in [0.717, 1.165) is 25.7 Å². The highest BCUT2D eigenvalue weighted by Gasteiger charge is 2.25. The maximum Gasteiger partial charge on any atom is 0.243 e. The van der Waals surface area contributed by atoms with Crippen LogP contribution in [-0.4, -0.2) is 30.8 Å². The Bertz CT molecular complexity index is 464.